The number of nitrogens with two attached hydrogens (primary N) is 1. The lowest BCUT2D eigenvalue weighted by Gasteiger charge is -2.02. The van der Waals surface area contributed by atoms with Crippen molar-refractivity contribution in [3.63, 3.8) is 0 Å². The molecule has 0 spiro atoms. The monoisotopic (exact) mass is 187 g/mol. The zero-order valence-electron chi connectivity index (χ0n) is 6.81. The van der Waals surface area contributed by atoms with Crippen LogP contribution in [0.2, 0.25) is 0 Å². The first-order valence-corrected chi connectivity index (χ1v) is 3.76. The molecular formula is C9H14ClNO. The Morgan fingerprint density at radius 3 is 2.33 bits per heavy atom. The number of hydrogen-bond donors (Lipinski definition) is 2. The first-order chi connectivity index (χ1) is 5.29. The van der Waals surface area contributed by atoms with Gasteiger partial charge in [-0.2, -0.15) is 0 Å². The van der Waals surface area contributed by atoms with Crippen molar-refractivity contribution in [3.8, 4) is 0 Å². The molecule has 0 saturated carbocycles. The van der Waals surface area contributed by atoms with Crippen LogP contribution < -0.4 is 5.73 Å². The Morgan fingerprint density at radius 1 is 1.25 bits per heavy atom. The second-order valence-electron chi connectivity index (χ2n) is 2.59. The van der Waals surface area contributed by atoms with Gasteiger partial charge in [-0.05, 0) is 18.4 Å². The van der Waals surface area contributed by atoms with Crippen LogP contribution in [0.4, 0.5) is 0 Å². The van der Waals surface area contributed by atoms with Crippen LogP contribution in [0.15, 0.2) is 30.3 Å². The van der Waals surface area contributed by atoms with Crippen molar-refractivity contribution in [3.05, 3.63) is 35.9 Å². The molecule has 1 aromatic rings. The molecule has 12 heavy (non-hydrogen) atoms. The molecule has 0 fully saturated rings. The third kappa shape index (κ3) is 4.34. The van der Waals surface area contributed by atoms with E-state index in [-0.39, 0.29) is 12.4 Å². The topological polar surface area (TPSA) is 46.2 Å². The highest BCUT2D eigenvalue weighted by Gasteiger charge is 1.95. The highest BCUT2D eigenvalue weighted by molar-refractivity contribution is 5.85. The zero-order valence-corrected chi connectivity index (χ0v) is 7.63. The van der Waals surface area contributed by atoms with Crippen molar-refractivity contribution in [2.45, 2.75) is 19.1 Å². The van der Waals surface area contributed by atoms with E-state index in [4.69, 9.17) is 10.8 Å². The van der Waals surface area contributed by atoms with Gasteiger partial charge in [0.05, 0.1) is 0 Å². The fourth-order valence-corrected chi connectivity index (χ4v) is 0.959. The van der Waals surface area contributed by atoms with E-state index in [1.165, 1.54) is 5.56 Å². The van der Waals surface area contributed by atoms with E-state index >= 15 is 0 Å². The first-order valence-electron chi connectivity index (χ1n) is 3.76. The minimum Gasteiger partial charge on any atom is -0.379 e. The van der Waals surface area contributed by atoms with E-state index in [1.807, 2.05) is 30.3 Å². The summed E-state index contributed by atoms with van der Waals surface area (Å²) < 4.78 is 0. The Balaban J connectivity index is 0.00000121. The van der Waals surface area contributed by atoms with Gasteiger partial charge in [-0.3, -0.25) is 0 Å². The quantitative estimate of drug-likeness (QED) is 0.702. The van der Waals surface area contributed by atoms with Crippen LogP contribution in [0.25, 0.3) is 0 Å². The fraction of sp³-hybridized carbons (Fsp3) is 0.333. The summed E-state index contributed by atoms with van der Waals surface area (Å²) >= 11 is 0. The summed E-state index contributed by atoms with van der Waals surface area (Å²) in [6.45, 7) is 0. The van der Waals surface area contributed by atoms with Gasteiger partial charge in [-0.1, -0.05) is 30.3 Å². The SMILES string of the molecule is Cl.NC(O)CCc1ccccc1. The Kier molecular flexibility index (Phi) is 5.72. The van der Waals surface area contributed by atoms with Gasteiger partial charge in [0.2, 0.25) is 0 Å². The second kappa shape index (κ2) is 6.00. The van der Waals surface area contributed by atoms with E-state index < -0.39 is 6.23 Å². The van der Waals surface area contributed by atoms with Crippen LogP contribution >= 0.6 is 12.4 Å². The van der Waals surface area contributed by atoms with E-state index in [2.05, 4.69) is 0 Å². The molecule has 0 aliphatic rings. The molecule has 1 aromatic carbocycles. The van der Waals surface area contributed by atoms with Crippen LogP contribution in [-0.2, 0) is 6.42 Å². The van der Waals surface area contributed by atoms with Crippen molar-refractivity contribution in [2.75, 3.05) is 0 Å². The predicted molar refractivity (Wildman–Crippen MR) is 52.2 cm³/mol. The average molecular weight is 188 g/mol. The summed E-state index contributed by atoms with van der Waals surface area (Å²) in [6.07, 6.45) is 0.790. The minimum absolute atomic E-state index is 0. The summed E-state index contributed by atoms with van der Waals surface area (Å²) in [6, 6.07) is 10.0. The van der Waals surface area contributed by atoms with E-state index in [1.54, 1.807) is 0 Å². The maximum absolute atomic E-state index is 8.79. The number of halogens is 1. The lowest BCUT2D eigenvalue weighted by atomic mass is 10.1. The molecule has 0 radical (unpaired) electrons. The number of rotatable bonds is 3. The van der Waals surface area contributed by atoms with E-state index in [0.717, 1.165) is 6.42 Å². The molecule has 2 nitrogen and oxygen atoms in total. The van der Waals surface area contributed by atoms with Gasteiger partial charge in [0.25, 0.3) is 0 Å². The highest BCUT2D eigenvalue weighted by atomic mass is 35.5. The van der Waals surface area contributed by atoms with Crippen molar-refractivity contribution in [1.29, 1.82) is 0 Å². The maximum atomic E-state index is 8.79. The fourth-order valence-electron chi connectivity index (χ4n) is 0.959. The van der Waals surface area contributed by atoms with Gasteiger partial charge in [0.15, 0.2) is 0 Å². The Morgan fingerprint density at radius 2 is 1.83 bits per heavy atom. The van der Waals surface area contributed by atoms with E-state index in [9.17, 15) is 0 Å². The molecule has 3 heteroatoms. The van der Waals surface area contributed by atoms with Gasteiger partial charge in [0, 0.05) is 0 Å². The number of aliphatic hydroxyl groups is 1. The van der Waals surface area contributed by atoms with Crippen molar-refractivity contribution >= 4 is 12.4 Å². The molecule has 1 atom stereocenters. The van der Waals surface area contributed by atoms with Crippen molar-refractivity contribution in [1.82, 2.24) is 0 Å². The lowest BCUT2D eigenvalue weighted by molar-refractivity contribution is 0.172. The third-order valence-corrected chi connectivity index (χ3v) is 1.57. The molecule has 0 aromatic heterocycles. The molecule has 1 rings (SSSR count). The summed E-state index contributed by atoms with van der Waals surface area (Å²) in [5, 5.41) is 8.79. The maximum Gasteiger partial charge on any atom is 0.102 e. The normalized spacial score (nSPS) is 11.8. The van der Waals surface area contributed by atoms with Crippen LogP contribution in [-0.4, -0.2) is 11.3 Å². The average Bonchev–Trinajstić information content (AvgIpc) is 2.03. The Labute approximate surface area is 78.8 Å². The molecule has 0 saturated heterocycles. The van der Waals surface area contributed by atoms with Gasteiger partial charge in [-0.15, -0.1) is 12.4 Å². The largest absolute Gasteiger partial charge is 0.379 e. The highest BCUT2D eigenvalue weighted by Crippen LogP contribution is 2.02. The third-order valence-electron chi connectivity index (χ3n) is 1.57. The predicted octanol–water partition coefficient (Wildman–Crippen LogP) is 1.32. The van der Waals surface area contributed by atoms with Gasteiger partial charge in [0.1, 0.15) is 6.23 Å². The number of aliphatic hydroxyl groups excluding tert-OH is 1. The molecule has 68 valence electrons. The minimum atomic E-state index is -0.685. The molecule has 1 unspecified atom stereocenters. The molecule has 0 aliphatic carbocycles. The smallest absolute Gasteiger partial charge is 0.102 e. The molecule has 0 amide bonds. The van der Waals surface area contributed by atoms with Crippen LogP contribution in [0, 0.1) is 0 Å². The zero-order chi connectivity index (χ0) is 8.10. The Bertz CT molecular complexity index is 201. The van der Waals surface area contributed by atoms with Crippen LogP contribution in [0.5, 0.6) is 0 Å². The standard InChI is InChI=1S/C9H13NO.ClH/c10-9(11)7-6-8-4-2-1-3-5-8;/h1-5,9,11H,6-7,10H2;1H. The lowest BCUT2D eigenvalue weighted by Crippen LogP contribution is -2.19. The molecule has 3 N–H and O–H groups in total. The molecule has 0 heterocycles. The summed E-state index contributed by atoms with van der Waals surface area (Å²) in [5.41, 5.74) is 6.42. The number of benzene rings is 1. The van der Waals surface area contributed by atoms with Gasteiger partial charge < -0.3 is 10.8 Å². The second-order valence-corrected chi connectivity index (χ2v) is 2.59. The first kappa shape index (κ1) is 11.4. The summed E-state index contributed by atoms with van der Waals surface area (Å²) in [4.78, 5) is 0. The van der Waals surface area contributed by atoms with E-state index in [0.29, 0.717) is 6.42 Å². The van der Waals surface area contributed by atoms with Crippen molar-refractivity contribution < 1.29 is 5.11 Å². The molecular weight excluding hydrogens is 174 g/mol. The van der Waals surface area contributed by atoms with Crippen LogP contribution in [0.1, 0.15) is 12.0 Å². The summed E-state index contributed by atoms with van der Waals surface area (Å²) in [5.74, 6) is 0. The van der Waals surface area contributed by atoms with Gasteiger partial charge >= 0.3 is 0 Å². The van der Waals surface area contributed by atoms with Crippen molar-refractivity contribution in [2.24, 2.45) is 5.73 Å². The number of hydrogen-bond acceptors (Lipinski definition) is 2. The van der Waals surface area contributed by atoms with Crippen LogP contribution in [0.3, 0.4) is 0 Å². The molecule has 0 bridgehead atoms. The summed E-state index contributed by atoms with van der Waals surface area (Å²) in [7, 11) is 0. The Hall–Kier alpha value is -0.570. The van der Waals surface area contributed by atoms with Gasteiger partial charge in [-0.25, -0.2) is 0 Å². The molecule has 0 aliphatic heterocycles. The number of aryl methyl sites for hydroxylation is 1.